The Bertz CT molecular complexity index is 1390. The third-order valence-corrected chi connectivity index (χ3v) is 4.43. The van der Waals surface area contributed by atoms with Crippen molar-refractivity contribution in [3.05, 3.63) is 89.9 Å². The molecule has 0 bridgehead atoms. The van der Waals surface area contributed by atoms with Gasteiger partial charge < -0.3 is 15.4 Å². The van der Waals surface area contributed by atoms with Gasteiger partial charge in [-0.15, -0.1) is 0 Å². The van der Waals surface area contributed by atoms with Gasteiger partial charge in [0.05, 0.1) is 16.9 Å². The Hall–Kier alpha value is -4.58. The Morgan fingerprint density at radius 2 is 1.62 bits per heavy atom. The molecule has 0 unspecified atom stereocenters. The van der Waals surface area contributed by atoms with Gasteiger partial charge in [-0.1, -0.05) is 12.1 Å². The second-order valence-corrected chi connectivity index (χ2v) is 6.58. The van der Waals surface area contributed by atoms with Gasteiger partial charge in [0.1, 0.15) is 34.8 Å². The SMILES string of the molecule is N#Cc1cnc2ccccc2c1Oc1ccc(NC(=O)Nc2ccc(F)cc2F)c(F)c1. The van der Waals surface area contributed by atoms with E-state index in [1.54, 1.807) is 24.3 Å². The van der Waals surface area contributed by atoms with Crippen LogP contribution in [0.25, 0.3) is 10.9 Å². The minimum Gasteiger partial charge on any atom is -0.455 e. The predicted molar refractivity (Wildman–Crippen MR) is 112 cm³/mol. The van der Waals surface area contributed by atoms with E-state index in [1.807, 2.05) is 6.07 Å². The molecule has 0 aliphatic heterocycles. The van der Waals surface area contributed by atoms with Gasteiger partial charge in [0.25, 0.3) is 0 Å². The number of ether oxygens (including phenoxy) is 1. The molecule has 0 fully saturated rings. The van der Waals surface area contributed by atoms with E-state index in [1.165, 1.54) is 18.3 Å². The summed E-state index contributed by atoms with van der Waals surface area (Å²) in [4.78, 5) is 16.2. The number of rotatable bonds is 4. The van der Waals surface area contributed by atoms with Crippen LogP contribution in [0.15, 0.2) is 66.9 Å². The largest absolute Gasteiger partial charge is 0.455 e. The maximum atomic E-state index is 14.6. The number of amides is 2. The topological polar surface area (TPSA) is 87.0 Å². The average Bonchev–Trinajstić information content (AvgIpc) is 2.78. The molecule has 158 valence electrons. The molecule has 2 N–H and O–H groups in total. The fraction of sp³-hybridized carbons (Fsp3) is 0. The number of nitrogens with one attached hydrogen (secondary N) is 2. The van der Waals surface area contributed by atoms with E-state index < -0.39 is 23.5 Å². The summed E-state index contributed by atoms with van der Waals surface area (Å²) in [5.74, 6) is -2.28. The van der Waals surface area contributed by atoms with E-state index in [0.717, 1.165) is 18.2 Å². The number of carbonyl (C=O) groups excluding carboxylic acids is 1. The zero-order valence-corrected chi connectivity index (χ0v) is 16.2. The molecular weight excluding hydrogens is 421 g/mol. The van der Waals surface area contributed by atoms with E-state index in [4.69, 9.17) is 4.74 Å². The highest BCUT2D eigenvalue weighted by molar-refractivity contribution is 6.00. The van der Waals surface area contributed by atoms with Gasteiger partial charge in [-0.3, -0.25) is 4.98 Å². The smallest absolute Gasteiger partial charge is 0.323 e. The van der Waals surface area contributed by atoms with Crippen molar-refractivity contribution in [2.24, 2.45) is 0 Å². The Morgan fingerprint density at radius 1 is 0.938 bits per heavy atom. The lowest BCUT2D eigenvalue weighted by Crippen LogP contribution is -2.20. The maximum absolute atomic E-state index is 14.6. The number of halogens is 3. The number of para-hydroxylation sites is 1. The summed E-state index contributed by atoms with van der Waals surface area (Å²) in [6.07, 6.45) is 1.36. The van der Waals surface area contributed by atoms with Gasteiger partial charge in [-0.25, -0.2) is 18.0 Å². The molecule has 0 atom stereocenters. The van der Waals surface area contributed by atoms with E-state index in [9.17, 15) is 23.2 Å². The summed E-state index contributed by atoms with van der Waals surface area (Å²) in [5, 5.41) is 14.4. The van der Waals surface area contributed by atoms with Crippen molar-refractivity contribution in [3.8, 4) is 17.6 Å². The molecule has 0 aliphatic carbocycles. The molecule has 3 aromatic carbocycles. The molecule has 4 aromatic rings. The zero-order chi connectivity index (χ0) is 22.7. The monoisotopic (exact) mass is 434 g/mol. The lowest BCUT2D eigenvalue weighted by atomic mass is 10.1. The summed E-state index contributed by atoms with van der Waals surface area (Å²) in [7, 11) is 0. The van der Waals surface area contributed by atoms with Gasteiger partial charge in [0, 0.05) is 23.7 Å². The quantitative estimate of drug-likeness (QED) is 0.415. The fourth-order valence-corrected chi connectivity index (χ4v) is 2.95. The number of anilines is 2. The van der Waals surface area contributed by atoms with Crippen molar-refractivity contribution < 1.29 is 22.7 Å². The Kier molecular flexibility index (Phi) is 5.59. The summed E-state index contributed by atoms with van der Waals surface area (Å²) in [6.45, 7) is 0. The van der Waals surface area contributed by atoms with Gasteiger partial charge in [-0.05, 0) is 36.4 Å². The summed E-state index contributed by atoms with van der Waals surface area (Å²) >= 11 is 0. The predicted octanol–water partition coefficient (Wildman–Crippen LogP) is 5.96. The van der Waals surface area contributed by atoms with Crippen molar-refractivity contribution in [1.82, 2.24) is 4.98 Å². The maximum Gasteiger partial charge on any atom is 0.323 e. The third kappa shape index (κ3) is 4.29. The first-order valence-electron chi connectivity index (χ1n) is 9.23. The van der Waals surface area contributed by atoms with Crippen LogP contribution >= 0.6 is 0 Å². The number of nitrogens with zero attached hydrogens (tertiary/aromatic N) is 2. The van der Waals surface area contributed by atoms with Crippen molar-refractivity contribution in [2.45, 2.75) is 0 Å². The molecule has 2 amide bonds. The van der Waals surface area contributed by atoms with E-state index in [-0.39, 0.29) is 28.4 Å². The van der Waals surface area contributed by atoms with Crippen LogP contribution < -0.4 is 15.4 Å². The van der Waals surface area contributed by atoms with Gasteiger partial charge in [-0.2, -0.15) is 5.26 Å². The zero-order valence-electron chi connectivity index (χ0n) is 16.2. The molecular formula is C23H13F3N4O2. The van der Waals surface area contributed by atoms with E-state index >= 15 is 0 Å². The first-order chi connectivity index (χ1) is 15.4. The van der Waals surface area contributed by atoms with Crippen molar-refractivity contribution in [3.63, 3.8) is 0 Å². The lowest BCUT2D eigenvalue weighted by Gasteiger charge is -2.12. The first kappa shape index (κ1) is 20.7. The molecule has 9 heteroatoms. The molecule has 1 heterocycles. The van der Waals surface area contributed by atoms with E-state index in [0.29, 0.717) is 17.0 Å². The molecule has 0 saturated heterocycles. The minimum atomic E-state index is -0.970. The Balaban J connectivity index is 1.54. The number of nitriles is 1. The third-order valence-electron chi connectivity index (χ3n) is 4.43. The number of aromatic nitrogens is 1. The Labute approximate surface area is 179 Å². The van der Waals surface area contributed by atoms with Crippen LogP contribution in [0.1, 0.15) is 5.56 Å². The van der Waals surface area contributed by atoms with Crippen LogP contribution in [0.2, 0.25) is 0 Å². The highest BCUT2D eigenvalue weighted by Gasteiger charge is 2.14. The number of pyridine rings is 1. The number of hydrogen-bond donors (Lipinski definition) is 2. The van der Waals surface area contributed by atoms with Crippen LogP contribution in [0.4, 0.5) is 29.3 Å². The van der Waals surface area contributed by atoms with Crippen molar-refractivity contribution in [1.29, 1.82) is 5.26 Å². The van der Waals surface area contributed by atoms with Gasteiger partial charge in [0.2, 0.25) is 0 Å². The fourth-order valence-electron chi connectivity index (χ4n) is 2.95. The number of fused-ring (bicyclic) bond motifs is 1. The molecule has 32 heavy (non-hydrogen) atoms. The lowest BCUT2D eigenvalue weighted by molar-refractivity contribution is 0.262. The van der Waals surface area contributed by atoms with Crippen LogP contribution in [0, 0.1) is 28.8 Å². The van der Waals surface area contributed by atoms with Crippen LogP contribution in [-0.4, -0.2) is 11.0 Å². The Morgan fingerprint density at radius 3 is 2.31 bits per heavy atom. The summed E-state index contributed by atoms with van der Waals surface area (Å²) < 4.78 is 46.9. The molecule has 4 rings (SSSR count). The molecule has 0 radical (unpaired) electrons. The normalized spacial score (nSPS) is 10.4. The van der Waals surface area contributed by atoms with Crippen LogP contribution in [0.3, 0.4) is 0 Å². The standard InChI is InChI=1S/C23H13F3N4O2/c24-14-5-7-20(17(25)9-14)29-23(31)30-21-8-6-15(10-18(21)26)32-22-13(11-27)12-28-19-4-2-1-3-16(19)22/h1-10,12H,(H2,29,30,31). The second-order valence-electron chi connectivity index (χ2n) is 6.58. The first-order valence-corrected chi connectivity index (χ1v) is 9.23. The van der Waals surface area contributed by atoms with Gasteiger partial charge in [0.15, 0.2) is 5.75 Å². The molecule has 0 aliphatic rings. The molecule has 0 saturated carbocycles. The minimum absolute atomic E-state index is 0.0888. The highest BCUT2D eigenvalue weighted by Crippen LogP contribution is 2.33. The second kappa shape index (κ2) is 8.65. The number of hydrogen-bond acceptors (Lipinski definition) is 4. The summed E-state index contributed by atoms with van der Waals surface area (Å²) in [5.41, 5.74) is 0.312. The molecule has 0 spiro atoms. The highest BCUT2D eigenvalue weighted by atomic mass is 19.1. The van der Waals surface area contributed by atoms with Crippen LogP contribution in [0.5, 0.6) is 11.5 Å². The number of carbonyl (C=O) groups is 1. The number of urea groups is 1. The molecule has 1 aromatic heterocycles. The summed E-state index contributed by atoms with van der Waals surface area (Å²) in [6, 6.07) is 14.4. The van der Waals surface area contributed by atoms with Gasteiger partial charge >= 0.3 is 6.03 Å². The number of benzene rings is 3. The average molecular weight is 434 g/mol. The van der Waals surface area contributed by atoms with Crippen molar-refractivity contribution in [2.75, 3.05) is 10.6 Å². The van der Waals surface area contributed by atoms with Crippen molar-refractivity contribution >= 4 is 28.3 Å². The van der Waals surface area contributed by atoms with E-state index in [2.05, 4.69) is 15.6 Å². The van der Waals surface area contributed by atoms with Crippen LogP contribution in [-0.2, 0) is 0 Å². The molecule has 6 nitrogen and oxygen atoms in total.